The lowest BCUT2D eigenvalue weighted by Gasteiger charge is -2.28. The molecule has 1 aliphatic rings. The second-order valence-electron chi connectivity index (χ2n) is 7.09. The van der Waals surface area contributed by atoms with Crippen LogP contribution in [0.2, 0.25) is 0 Å². The molecule has 1 heterocycles. The first-order chi connectivity index (χ1) is 13.2. The van der Waals surface area contributed by atoms with Gasteiger partial charge in [0.15, 0.2) is 5.60 Å². The van der Waals surface area contributed by atoms with Gasteiger partial charge in [-0.1, -0.05) is 30.3 Å². The molecule has 2 aromatic carbocycles. The van der Waals surface area contributed by atoms with Gasteiger partial charge in [-0.2, -0.15) is 0 Å². The molecule has 1 atom stereocenters. The van der Waals surface area contributed by atoms with E-state index in [1.54, 1.807) is 31.2 Å². The van der Waals surface area contributed by atoms with Crippen LogP contribution in [0.4, 0.5) is 5.69 Å². The number of fused-ring (bicyclic) bond motifs is 1. The van der Waals surface area contributed by atoms with Gasteiger partial charge < -0.3 is 15.3 Å². The minimum atomic E-state index is -1.80. The van der Waals surface area contributed by atoms with Crippen LogP contribution in [0.5, 0.6) is 0 Å². The number of hydrogen-bond donors (Lipinski definition) is 2. The third-order valence-corrected chi connectivity index (χ3v) is 4.94. The number of nitro benzene ring substituents is 1. The minimum Gasteiger partial charge on any atom is -0.378 e. The molecule has 28 heavy (non-hydrogen) atoms. The van der Waals surface area contributed by atoms with Crippen molar-refractivity contribution >= 4 is 17.5 Å². The normalized spacial score (nSPS) is 15.1. The van der Waals surface area contributed by atoms with Crippen LogP contribution in [-0.2, 0) is 17.9 Å². The maximum atomic E-state index is 12.5. The predicted molar refractivity (Wildman–Crippen MR) is 101 cm³/mol. The first-order valence-corrected chi connectivity index (χ1v) is 8.81. The summed E-state index contributed by atoms with van der Waals surface area (Å²) in [5.41, 5.74) is 0.646. The topological polar surface area (TPSA) is 113 Å². The number of aliphatic hydroxyl groups is 1. The Balaban J connectivity index is 1.65. The van der Waals surface area contributed by atoms with E-state index in [9.17, 15) is 24.8 Å². The van der Waals surface area contributed by atoms with Crippen LogP contribution in [0.3, 0.4) is 0 Å². The molecule has 0 radical (unpaired) electrons. The molecule has 3 rings (SSSR count). The first kappa shape index (κ1) is 19.5. The maximum Gasteiger partial charge on any atom is 0.272 e. The summed E-state index contributed by atoms with van der Waals surface area (Å²) >= 11 is 0. The Morgan fingerprint density at radius 1 is 1.29 bits per heavy atom. The van der Waals surface area contributed by atoms with E-state index in [0.29, 0.717) is 23.2 Å². The molecule has 2 aromatic rings. The fourth-order valence-corrected chi connectivity index (χ4v) is 3.31. The van der Waals surface area contributed by atoms with Crippen molar-refractivity contribution in [3.05, 3.63) is 74.8 Å². The van der Waals surface area contributed by atoms with Crippen LogP contribution < -0.4 is 5.32 Å². The van der Waals surface area contributed by atoms with Crippen LogP contribution >= 0.6 is 0 Å². The standard InChI is InChI=1S/C20H21N3O5/c1-13-14(7-5-9-17(13)23(27)28)10-21-19(25)20(2,26)12-22-11-15-6-3-4-8-16(15)18(22)24/h3-9,26H,10-12H2,1-2H3,(H,21,25). The highest BCUT2D eigenvalue weighted by atomic mass is 16.6. The number of benzene rings is 2. The lowest BCUT2D eigenvalue weighted by atomic mass is 10.0. The number of nitrogens with one attached hydrogen (secondary N) is 1. The van der Waals surface area contributed by atoms with Gasteiger partial charge in [0, 0.05) is 30.3 Å². The molecule has 8 heteroatoms. The highest BCUT2D eigenvalue weighted by Crippen LogP contribution is 2.24. The van der Waals surface area contributed by atoms with Gasteiger partial charge in [-0.05, 0) is 31.0 Å². The molecule has 0 saturated heterocycles. The summed E-state index contributed by atoms with van der Waals surface area (Å²) in [6.07, 6.45) is 0. The Hall–Kier alpha value is -3.26. The van der Waals surface area contributed by atoms with Crippen LogP contribution in [-0.4, -0.2) is 38.9 Å². The van der Waals surface area contributed by atoms with Crippen LogP contribution in [0.1, 0.15) is 34.0 Å². The van der Waals surface area contributed by atoms with E-state index in [1.165, 1.54) is 17.9 Å². The number of carbonyl (C=O) groups excluding carboxylic acids is 2. The smallest absolute Gasteiger partial charge is 0.272 e. The van der Waals surface area contributed by atoms with Crippen molar-refractivity contribution in [1.82, 2.24) is 10.2 Å². The predicted octanol–water partition coefficient (Wildman–Crippen LogP) is 1.93. The number of β-amino-alcohol motifs (C(OH)–C–C–N with tert-alkyl or cyclic N) is 1. The van der Waals surface area contributed by atoms with Crippen molar-refractivity contribution in [3.8, 4) is 0 Å². The molecular weight excluding hydrogens is 362 g/mol. The molecular formula is C20H21N3O5. The number of rotatable bonds is 6. The number of carbonyl (C=O) groups is 2. The van der Waals surface area contributed by atoms with E-state index in [4.69, 9.17) is 0 Å². The molecule has 2 amide bonds. The SMILES string of the molecule is Cc1c(CNC(=O)C(C)(O)CN2Cc3ccccc3C2=O)cccc1[N+](=O)[O-]. The minimum absolute atomic E-state index is 0.0288. The summed E-state index contributed by atoms with van der Waals surface area (Å²) in [4.78, 5) is 36.9. The van der Waals surface area contributed by atoms with Gasteiger partial charge in [0.1, 0.15) is 0 Å². The molecule has 0 fully saturated rings. The summed E-state index contributed by atoms with van der Waals surface area (Å²) in [6, 6.07) is 11.8. The Bertz CT molecular complexity index is 955. The fraction of sp³-hybridized carbons (Fsp3) is 0.300. The summed E-state index contributed by atoms with van der Waals surface area (Å²) in [7, 11) is 0. The van der Waals surface area contributed by atoms with Crippen LogP contribution in [0.25, 0.3) is 0 Å². The summed E-state index contributed by atoms with van der Waals surface area (Å²) in [5.74, 6) is -0.875. The largest absolute Gasteiger partial charge is 0.378 e. The Labute approximate surface area is 161 Å². The second-order valence-corrected chi connectivity index (χ2v) is 7.09. The van der Waals surface area contributed by atoms with Crippen LogP contribution in [0.15, 0.2) is 42.5 Å². The molecule has 2 N–H and O–H groups in total. The molecule has 0 saturated carbocycles. The van der Waals surface area contributed by atoms with Gasteiger partial charge >= 0.3 is 0 Å². The number of nitrogens with zero attached hydrogens (tertiary/aromatic N) is 2. The van der Waals surface area contributed by atoms with Gasteiger partial charge in [0.25, 0.3) is 17.5 Å². The molecule has 0 aliphatic carbocycles. The van der Waals surface area contributed by atoms with Gasteiger partial charge in [0.2, 0.25) is 0 Å². The Morgan fingerprint density at radius 3 is 2.68 bits per heavy atom. The average molecular weight is 383 g/mol. The molecule has 0 aromatic heterocycles. The van der Waals surface area contributed by atoms with Crippen molar-refractivity contribution in [2.75, 3.05) is 6.54 Å². The molecule has 1 aliphatic heterocycles. The summed E-state index contributed by atoms with van der Waals surface area (Å²) in [6.45, 7) is 3.18. The Morgan fingerprint density at radius 2 is 2.00 bits per heavy atom. The number of hydrogen-bond acceptors (Lipinski definition) is 5. The van der Waals surface area contributed by atoms with E-state index in [2.05, 4.69) is 5.32 Å². The second kappa shape index (κ2) is 7.40. The van der Waals surface area contributed by atoms with Gasteiger partial charge in [-0.3, -0.25) is 19.7 Å². The summed E-state index contributed by atoms with van der Waals surface area (Å²) in [5, 5.41) is 24.3. The highest BCUT2D eigenvalue weighted by Gasteiger charge is 2.37. The third kappa shape index (κ3) is 3.72. The van der Waals surface area contributed by atoms with Crippen LogP contribution in [0, 0.1) is 17.0 Å². The van der Waals surface area contributed by atoms with E-state index in [-0.39, 0.29) is 24.7 Å². The zero-order chi connectivity index (χ0) is 20.5. The molecule has 1 unspecified atom stereocenters. The van der Waals surface area contributed by atoms with Gasteiger partial charge in [-0.25, -0.2) is 0 Å². The highest BCUT2D eigenvalue weighted by molar-refractivity contribution is 5.98. The van der Waals surface area contributed by atoms with E-state index in [1.807, 2.05) is 12.1 Å². The quantitative estimate of drug-likeness (QED) is 0.585. The van der Waals surface area contributed by atoms with E-state index < -0.39 is 16.4 Å². The van der Waals surface area contributed by atoms with E-state index in [0.717, 1.165) is 5.56 Å². The number of nitro groups is 1. The average Bonchev–Trinajstić information content (AvgIpc) is 2.95. The van der Waals surface area contributed by atoms with Gasteiger partial charge in [0.05, 0.1) is 11.5 Å². The molecule has 0 bridgehead atoms. The summed E-state index contributed by atoms with van der Waals surface area (Å²) < 4.78 is 0. The van der Waals surface area contributed by atoms with Crippen molar-refractivity contribution in [2.45, 2.75) is 32.5 Å². The first-order valence-electron chi connectivity index (χ1n) is 8.81. The van der Waals surface area contributed by atoms with Crippen molar-refractivity contribution in [3.63, 3.8) is 0 Å². The molecule has 8 nitrogen and oxygen atoms in total. The van der Waals surface area contributed by atoms with Crippen molar-refractivity contribution in [2.24, 2.45) is 0 Å². The van der Waals surface area contributed by atoms with E-state index >= 15 is 0 Å². The van der Waals surface area contributed by atoms with Crippen molar-refractivity contribution in [1.29, 1.82) is 0 Å². The lowest BCUT2D eigenvalue weighted by molar-refractivity contribution is -0.385. The Kier molecular flexibility index (Phi) is 5.15. The zero-order valence-corrected chi connectivity index (χ0v) is 15.6. The monoisotopic (exact) mass is 383 g/mol. The fourth-order valence-electron chi connectivity index (χ4n) is 3.31. The maximum absolute atomic E-state index is 12.5. The third-order valence-electron chi connectivity index (χ3n) is 4.94. The zero-order valence-electron chi connectivity index (χ0n) is 15.6. The van der Waals surface area contributed by atoms with Crippen molar-refractivity contribution < 1.29 is 19.6 Å². The number of amides is 2. The lowest BCUT2D eigenvalue weighted by Crippen LogP contribution is -2.52. The molecule has 0 spiro atoms. The molecule has 146 valence electrons. The van der Waals surface area contributed by atoms with Gasteiger partial charge in [-0.15, -0.1) is 0 Å².